The lowest BCUT2D eigenvalue weighted by atomic mass is 10.2. The number of hydrogen-bond donors (Lipinski definition) is 2. The van der Waals surface area contributed by atoms with E-state index in [-0.39, 0.29) is 17.9 Å². The van der Waals surface area contributed by atoms with Gasteiger partial charge in [-0.1, -0.05) is 16.6 Å². The minimum Gasteiger partial charge on any atom is -0.367 e. The van der Waals surface area contributed by atoms with Crippen LogP contribution in [0.5, 0.6) is 0 Å². The first-order chi connectivity index (χ1) is 10.2. The minimum atomic E-state index is -0.290. The number of nitrogens with zero attached hydrogens (tertiary/aromatic N) is 3. The topological polar surface area (TPSA) is 70.1 Å². The maximum Gasteiger partial charge on any atom is 0.320 e. The van der Waals surface area contributed by atoms with Gasteiger partial charge in [-0.25, -0.2) is 9.18 Å². The molecule has 1 atom stereocenters. The van der Waals surface area contributed by atoms with Crippen molar-refractivity contribution in [3.05, 3.63) is 36.3 Å². The highest BCUT2D eigenvalue weighted by molar-refractivity contribution is 7.10. The molecular weight excluding hydrogens is 293 g/mol. The first-order valence-electron chi connectivity index (χ1n) is 6.57. The molecule has 2 aromatic rings. The molecule has 8 heteroatoms. The Morgan fingerprint density at radius 1 is 1.43 bits per heavy atom. The molecule has 1 saturated heterocycles. The number of carbonyl (C=O) groups is 1. The Morgan fingerprint density at radius 3 is 3.05 bits per heavy atom. The van der Waals surface area contributed by atoms with E-state index in [9.17, 15) is 9.18 Å². The molecular formula is C13H14FN5OS. The molecule has 1 fully saturated rings. The molecule has 2 N–H and O–H groups in total. The summed E-state index contributed by atoms with van der Waals surface area (Å²) in [5.74, 6) is -0.238. The van der Waals surface area contributed by atoms with E-state index >= 15 is 0 Å². The first kappa shape index (κ1) is 13.7. The van der Waals surface area contributed by atoms with Crippen molar-refractivity contribution in [1.29, 1.82) is 0 Å². The van der Waals surface area contributed by atoms with Crippen molar-refractivity contribution in [3.8, 4) is 0 Å². The van der Waals surface area contributed by atoms with Crippen LogP contribution in [-0.2, 0) is 0 Å². The molecule has 21 heavy (non-hydrogen) atoms. The SMILES string of the molecule is O=C(Nc1cnns1)N[C@H]1CCN(c2ccccc2F)C1. The summed E-state index contributed by atoms with van der Waals surface area (Å²) in [4.78, 5) is 13.8. The highest BCUT2D eigenvalue weighted by Crippen LogP contribution is 2.23. The molecule has 3 rings (SSSR count). The van der Waals surface area contributed by atoms with Crippen molar-refractivity contribution in [1.82, 2.24) is 14.9 Å². The smallest absolute Gasteiger partial charge is 0.320 e. The molecule has 0 unspecified atom stereocenters. The molecule has 6 nitrogen and oxygen atoms in total. The maximum atomic E-state index is 13.7. The zero-order valence-electron chi connectivity index (χ0n) is 11.1. The van der Waals surface area contributed by atoms with E-state index in [1.807, 2.05) is 11.0 Å². The zero-order chi connectivity index (χ0) is 14.7. The third-order valence-electron chi connectivity index (χ3n) is 3.31. The van der Waals surface area contributed by atoms with E-state index in [2.05, 4.69) is 20.2 Å². The van der Waals surface area contributed by atoms with Gasteiger partial charge in [0.05, 0.1) is 11.9 Å². The fourth-order valence-electron chi connectivity index (χ4n) is 2.36. The lowest BCUT2D eigenvalue weighted by Crippen LogP contribution is -2.39. The highest BCUT2D eigenvalue weighted by atomic mass is 32.1. The molecule has 0 saturated carbocycles. The van der Waals surface area contributed by atoms with Gasteiger partial charge in [0.15, 0.2) is 0 Å². The number of hydrogen-bond acceptors (Lipinski definition) is 5. The summed E-state index contributed by atoms with van der Waals surface area (Å²) in [5.41, 5.74) is 0.578. The summed E-state index contributed by atoms with van der Waals surface area (Å²) in [6, 6.07) is 6.37. The van der Waals surface area contributed by atoms with Crippen LogP contribution in [0.3, 0.4) is 0 Å². The van der Waals surface area contributed by atoms with Gasteiger partial charge >= 0.3 is 6.03 Å². The quantitative estimate of drug-likeness (QED) is 0.911. The van der Waals surface area contributed by atoms with Gasteiger partial charge < -0.3 is 10.2 Å². The number of amides is 2. The van der Waals surface area contributed by atoms with Crippen LogP contribution in [0.15, 0.2) is 30.5 Å². The average molecular weight is 307 g/mol. The lowest BCUT2D eigenvalue weighted by Gasteiger charge is -2.19. The van der Waals surface area contributed by atoms with Crippen molar-refractivity contribution in [2.75, 3.05) is 23.3 Å². The Hall–Kier alpha value is -2.22. The maximum absolute atomic E-state index is 13.7. The molecule has 1 aliphatic rings. The standard InChI is InChI=1S/C13H14FN5OS/c14-10-3-1-2-4-11(10)19-6-5-9(8-19)16-13(20)17-12-7-15-18-21-12/h1-4,7,9H,5-6,8H2,(H2,16,17,20)/t9-/m0/s1. The predicted molar refractivity (Wildman–Crippen MR) is 79.1 cm³/mol. The van der Waals surface area contributed by atoms with Crippen LogP contribution in [0.1, 0.15) is 6.42 Å². The monoisotopic (exact) mass is 307 g/mol. The van der Waals surface area contributed by atoms with Crippen LogP contribution in [0.4, 0.5) is 19.9 Å². The first-order valence-corrected chi connectivity index (χ1v) is 7.34. The Kier molecular flexibility index (Phi) is 3.96. The summed E-state index contributed by atoms with van der Waals surface area (Å²) in [7, 11) is 0. The van der Waals surface area contributed by atoms with Gasteiger partial charge in [0.1, 0.15) is 10.8 Å². The second kappa shape index (κ2) is 6.04. The largest absolute Gasteiger partial charge is 0.367 e. The molecule has 1 aliphatic heterocycles. The van der Waals surface area contributed by atoms with E-state index in [4.69, 9.17) is 0 Å². The minimum absolute atomic E-state index is 0.00881. The van der Waals surface area contributed by atoms with Gasteiger partial charge in [0.25, 0.3) is 0 Å². The predicted octanol–water partition coefficient (Wildman–Crippen LogP) is 2.08. The van der Waals surface area contributed by atoms with Gasteiger partial charge in [-0.15, -0.1) is 5.10 Å². The van der Waals surface area contributed by atoms with Crippen LogP contribution in [0, 0.1) is 5.82 Å². The number of rotatable bonds is 3. The van der Waals surface area contributed by atoms with Crippen LogP contribution in [0.2, 0.25) is 0 Å². The summed E-state index contributed by atoms with van der Waals surface area (Å²) < 4.78 is 17.4. The second-order valence-electron chi connectivity index (χ2n) is 4.76. The van der Waals surface area contributed by atoms with E-state index in [0.717, 1.165) is 18.0 Å². The van der Waals surface area contributed by atoms with E-state index in [1.54, 1.807) is 12.1 Å². The second-order valence-corrected chi connectivity index (χ2v) is 5.55. The van der Waals surface area contributed by atoms with Crippen molar-refractivity contribution in [2.45, 2.75) is 12.5 Å². The van der Waals surface area contributed by atoms with Gasteiger partial charge in [-0.05, 0) is 18.6 Å². The number of nitrogens with one attached hydrogen (secondary N) is 2. The number of para-hydroxylation sites is 1. The fourth-order valence-corrected chi connectivity index (χ4v) is 2.78. The number of urea groups is 1. The molecule has 0 bridgehead atoms. The number of carbonyl (C=O) groups excluding carboxylic acids is 1. The van der Waals surface area contributed by atoms with Crippen molar-refractivity contribution < 1.29 is 9.18 Å². The number of aromatic nitrogens is 2. The molecule has 1 aromatic heterocycles. The van der Waals surface area contributed by atoms with E-state index in [0.29, 0.717) is 23.8 Å². The van der Waals surface area contributed by atoms with Gasteiger partial charge in [-0.3, -0.25) is 5.32 Å². The molecule has 110 valence electrons. The number of halogens is 1. The normalized spacial score (nSPS) is 17.8. The molecule has 2 heterocycles. The Morgan fingerprint density at radius 2 is 2.29 bits per heavy atom. The van der Waals surface area contributed by atoms with Crippen molar-refractivity contribution in [2.24, 2.45) is 0 Å². The number of anilines is 2. The Labute approximate surface area is 125 Å². The van der Waals surface area contributed by atoms with Crippen LogP contribution in [0.25, 0.3) is 0 Å². The van der Waals surface area contributed by atoms with Crippen LogP contribution in [-0.4, -0.2) is 34.7 Å². The van der Waals surface area contributed by atoms with E-state index in [1.165, 1.54) is 12.3 Å². The Bertz CT molecular complexity index is 621. The molecule has 0 spiro atoms. The summed E-state index contributed by atoms with van der Waals surface area (Å²) >= 11 is 1.12. The highest BCUT2D eigenvalue weighted by Gasteiger charge is 2.25. The summed E-state index contributed by atoms with van der Waals surface area (Å²) in [6.07, 6.45) is 2.27. The molecule has 1 aromatic carbocycles. The van der Waals surface area contributed by atoms with Gasteiger partial charge in [-0.2, -0.15) is 0 Å². The Balaban J connectivity index is 1.55. The molecule has 2 amide bonds. The van der Waals surface area contributed by atoms with Gasteiger partial charge in [0.2, 0.25) is 0 Å². The summed E-state index contributed by atoms with van der Waals surface area (Å²) in [6.45, 7) is 1.31. The summed E-state index contributed by atoms with van der Waals surface area (Å²) in [5, 5.41) is 9.78. The third-order valence-corrected chi connectivity index (χ3v) is 3.89. The van der Waals surface area contributed by atoms with E-state index < -0.39 is 0 Å². The van der Waals surface area contributed by atoms with Crippen molar-refractivity contribution >= 4 is 28.3 Å². The zero-order valence-corrected chi connectivity index (χ0v) is 11.9. The fraction of sp³-hybridized carbons (Fsp3) is 0.308. The number of benzene rings is 1. The molecule has 0 radical (unpaired) electrons. The lowest BCUT2D eigenvalue weighted by molar-refractivity contribution is 0.249. The third kappa shape index (κ3) is 3.27. The van der Waals surface area contributed by atoms with Crippen LogP contribution >= 0.6 is 11.5 Å². The molecule has 0 aliphatic carbocycles. The van der Waals surface area contributed by atoms with Crippen molar-refractivity contribution in [3.63, 3.8) is 0 Å². The van der Waals surface area contributed by atoms with Crippen LogP contribution < -0.4 is 15.5 Å². The average Bonchev–Trinajstić information content (AvgIpc) is 3.11. The van der Waals surface area contributed by atoms with Gasteiger partial charge in [0, 0.05) is 30.7 Å².